The van der Waals surface area contributed by atoms with Gasteiger partial charge in [-0.1, -0.05) is 11.6 Å². The van der Waals surface area contributed by atoms with E-state index in [1.807, 2.05) is 6.07 Å². The standard InChI is InChI=1S/C18H20ClN3O3/c1-11-7-14(3-4-15(11)18(23)24)20-16-8-13(19)9-17(21-16)22-5-6-25-10-12(22)2/h3-4,7-9,12H,5-6,10H2,1-2H3,(H,20,21)(H,23,24)/t12-/m0/s1. The maximum Gasteiger partial charge on any atom is 0.335 e. The number of ether oxygens (including phenoxy) is 1. The summed E-state index contributed by atoms with van der Waals surface area (Å²) in [5.74, 6) is 0.474. The Balaban J connectivity index is 1.85. The molecule has 7 heteroatoms. The lowest BCUT2D eigenvalue weighted by Gasteiger charge is -2.34. The quantitative estimate of drug-likeness (QED) is 0.864. The molecule has 0 amide bonds. The van der Waals surface area contributed by atoms with E-state index in [2.05, 4.69) is 22.1 Å². The number of rotatable bonds is 4. The van der Waals surface area contributed by atoms with Crippen molar-refractivity contribution in [2.45, 2.75) is 19.9 Å². The summed E-state index contributed by atoms with van der Waals surface area (Å²) in [6.45, 7) is 5.94. The molecule has 1 aliphatic heterocycles. The van der Waals surface area contributed by atoms with Gasteiger partial charge in [0.1, 0.15) is 11.6 Å². The number of carboxylic acid groups (broad SMARTS) is 1. The Hall–Kier alpha value is -2.31. The minimum Gasteiger partial charge on any atom is -0.478 e. The molecular weight excluding hydrogens is 342 g/mol. The molecule has 1 fully saturated rings. The van der Waals surface area contributed by atoms with Crippen molar-refractivity contribution in [3.8, 4) is 0 Å². The van der Waals surface area contributed by atoms with E-state index in [4.69, 9.17) is 21.4 Å². The molecule has 1 atom stereocenters. The van der Waals surface area contributed by atoms with Gasteiger partial charge in [0.2, 0.25) is 0 Å². The number of anilines is 3. The van der Waals surface area contributed by atoms with E-state index >= 15 is 0 Å². The zero-order chi connectivity index (χ0) is 18.0. The van der Waals surface area contributed by atoms with Gasteiger partial charge in [-0.25, -0.2) is 9.78 Å². The Bertz CT molecular complexity index is 797. The molecule has 6 nitrogen and oxygen atoms in total. The van der Waals surface area contributed by atoms with Crippen LogP contribution < -0.4 is 10.2 Å². The number of benzene rings is 1. The highest BCUT2D eigenvalue weighted by atomic mass is 35.5. The average molecular weight is 362 g/mol. The fraction of sp³-hybridized carbons (Fsp3) is 0.333. The van der Waals surface area contributed by atoms with Crippen molar-refractivity contribution in [3.05, 3.63) is 46.5 Å². The van der Waals surface area contributed by atoms with E-state index in [1.54, 1.807) is 31.2 Å². The minimum atomic E-state index is -0.937. The number of nitrogens with one attached hydrogen (secondary N) is 1. The first kappa shape index (κ1) is 17.5. The number of aromatic carboxylic acids is 1. The van der Waals surface area contributed by atoms with Gasteiger partial charge in [-0.15, -0.1) is 0 Å². The van der Waals surface area contributed by atoms with Crippen LogP contribution in [0.2, 0.25) is 5.02 Å². The van der Waals surface area contributed by atoms with E-state index in [9.17, 15) is 4.79 Å². The second kappa shape index (κ2) is 7.29. The number of aryl methyl sites for hydroxylation is 1. The van der Waals surface area contributed by atoms with Gasteiger partial charge in [0.15, 0.2) is 0 Å². The van der Waals surface area contributed by atoms with Gasteiger partial charge in [0.05, 0.1) is 24.8 Å². The first-order valence-electron chi connectivity index (χ1n) is 8.07. The second-order valence-electron chi connectivity index (χ2n) is 6.11. The number of nitrogens with zero attached hydrogens (tertiary/aromatic N) is 2. The third-order valence-corrected chi connectivity index (χ3v) is 4.39. The van der Waals surface area contributed by atoms with Crippen molar-refractivity contribution < 1.29 is 14.6 Å². The second-order valence-corrected chi connectivity index (χ2v) is 6.54. The van der Waals surface area contributed by atoms with Crippen LogP contribution in [-0.4, -0.2) is 41.9 Å². The fourth-order valence-electron chi connectivity index (χ4n) is 2.89. The number of aromatic nitrogens is 1. The number of carboxylic acids is 1. The molecule has 1 aliphatic rings. The van der Waals surface area contributed by atoms with Crippen LogP contribution in [0.1, 0.15) is 22.8 Å². The van der Waals surface area contributed by atoms with E-state index in [0.717, 1.165) is 18.1 Å². The molecule has 1 aromatic carbocycles. The van der Waals surface area contributed by atoms with Crippen molar-refractivity contribution >= 4 is 34.9 Å². The van der Waals surface area contributed by atoms with Crippen molar-refractivity contribution in [1.82, 2.24) is 4.98 Å². The van der Waals surface area contributed by atoms with Gasteiger partial charge in [-0.05, 0) is 49.7 Å². The van der Waals surface area contributed by atoms with Gasteiger partial charge in [-0.3, -0.25) is 0 Å². The Kier molecular flexibility index (Phi) is 5.11. The molecule has 0 aliphatic carbocycles. The zero-order valence-corrected chi connectivity index (χ0v) is 14.9. The lowest BCUT2D eigenvalue weighted by molar-refractivity contribution is 0.0696. The predicted octanol–water partition coefficient (Wildman–Crippen LogP) is 3.71. The molecule has 2 heterocycles. The number of hydrogen-bond acceptors (Lipinski definition) is 5. The first-order valence-corrected chi connectivity index (χ1v) is 8.45. The number of hydrogen-bond donors (Lipinski definition) is 2. The van der Waals surface area contributed by atoms with Crippen LogP contribution in [0.4, 0.5) is 17.3 Å². The number of morpholine rings is 1. The molecule has 0 saturated carbocycles. The molecule has 2 aromatic rings. The van der Waals surface area contributed by atoms with Gasteiger partial charge >= 0.3 is 5.97 Å². The molecule has 132 valence electrons. The van der Waals surface area contributed by atoms with E-state index in [0.29, 0.717) is 29.6 Å². The highest BCUT2D eigenvalue weighted by molar-refractivity contribution is 6.31. The number of pyridine rings is 1. The molecule has 2 N–H and O–H groups in total. The summed E-state index contributed by atoms with van der Waals surface area (Å²) >= 11 is 6.27. The van der Waals surface area contributed by atoms with Crippen LogP contribution in [0.3, 0.4) is 0 Å². The molecule has 1 saturated heterocycles. The zero-order valence-electron chi connectivity index (χ0n) is 14.1. The molecular formula is C18H20ClN3O3. The Morgan fingerprint density at radius 3 is 2.88 bits per heavy atom. The van der Waals surface area contributed by atoms with Crippen LogP contribution in [0.5, 0.6) is 0 Å². The van der Waals surface area contributed by atoms with Crippen LogP contribution in [0.15, 0.2) is 30.3 Å². The largest absolute Gasteiger partial charge is 0.478 e. The third kappa shape index (κ3) is 4.03. The highest BCUT2D eigenvalue weighted by Crippen LogP contribution is 2.27. The maximum absolute atomic E-state index is 11.1. The summed E-state index contributed by atoms with van der Waals surface area (Å²) in [5, 5.41) is 12.9. The Labute approximate surface area is 151 Å². The highest BCUT2D eigenvalue weighted by Gasteiger charge is 2.21. The molecule has 1 aromatic heterocycles. The third-order valence-electron chi connectivity index (χ3n) is 4.17. The lowest BCUT2D eigenvalue weighted by atomic mass is 10.1. The Morgan fingerprint density at radius 2 is 2.20 bits per heavy atom. The van der Waals surface area contributed by atoms with Crippen LogP contribution in [0.25, 0.3) is 0 Å². The number of halogens is 1. The van der Waals surface area contributed by atoms with Gasteiger partial charge in [-0.2, -0.15) is 0 Å². The van der Waals surface area contributed by atoms with Crippen molar-refractivity contribution in [1.29, 1.82) is 0 Å². The van der Waals surface area contributed by atoms with Crippen LogP contribution >= 0.6 is 11.6 Å². The normalized spacial score (nSPS) is 17.4. The topological polar surface area (TPSA) is 74.7 Å². The van der Waals surface area contributed by atoms with Gasteiger partial charge in [0.25, 0.3) is 0 Å². The van der Waals surface area contributed by atoms with E-state index < -0.39 is 5.97 Å². The fourth-order valence-corrected chi connectivity index (χ4v) is 3.09. The smallest absolute Gasteiger partial charge is 0.335 e. The lowest BCUT2D eigenvalue weighted by Crippen LogP contribution is -2.44. The summed E-state index contributed by atoms with van der Waals surface area (Å²) < 4.78 is 5.47. The summed E-state index contributed by atoms with van der Waals surface area (Å²) in [6.07, 6.45) is 0. The molecule has 0 spiro atoms. The summed E-state index contributed by atoms with van der Waals surface area (Å²) in [5.41, 5.74) is 1.73. The predicted molar refractivity (Wildman–Crippen MR) is 98.3 cm³/mol. The van der Waals surface area contributed by atoms with Gasteiger partial charge < -0.3 is 20.1 Å². The van der Waals surface area contributed by atoms with Gasteiger partial charge in [0, 0.05) is 17.3 Å². The molecule has 0 radical (unpaired) electrons. The van der Waals surface area contributed by atoms with Crippen LogP contribution in [0, 0.1) is 6.92 Å². The summed E-state index contributed by atoms with van der Waals surface area (Å²) in [6, 6.07) is 8.89. The van der Waals surface area contributed by atoms with E-state index in [-0.39, 0.29) is 11.6 Å². The Morgan fingerprint density at radius 1 is 1.40 bits per heavy atom. The number of carbonyl (C=O) groups is 1. The monoisotopic (exact) mass is 361 g/mol. The molecule has 25 heavy (non-hydrogen) atoms. The minimum absolute atomic E-state index is 0.227. The average Bonchev–Trinajstić information content (AvgIpc) is 2.54. The van der Waals surface area contributed by atoms with Crippen molar-refractivity contribution in [2.24, 2.45) is 0 Å². The summed E-state index contributed by atoms with van der Waals surface area (Å²) in [4.78, 5) is 17.9. The van der Waals surface area contributed by atoms with Crippen LogP contribution in [-0.2, 0) is 4.74 Å². The molecule has 0 bridgehead atoms. The maximum atomic E-state index is 11.1. The summed E-state index contributed by atoms with van der Waals surface area (Å²) in [7, 11) is 0. The van der Waals surface area contributed by atoms with Crippen molar-refractivity contribution in [3.63, 3.8) is 0 Å². The molecule has 0 unspecified atom stereocenters. The van der Waals surface area contributed by atoms with E-state index in [1.165, 1.54) is 0 Å². The first-order chi connectivity index (χ1) is 11.9. The SMILES string of the molecule is Cc1cc(Nc2cc(Cl)cc(N3CCOC[C@@H]3C)n2)ccc1C(=O)O. The van der Waals surface area contributed by atoms with Crippen molar-refractivity contribution in [2.75, 3.05) is 30.0 Å². The molecule has 3 rings (SSSR count).